The molecule has 3 aliphatic rings. The van der Waals surface area contributed by atoms with E-state index >= 15 is 4.39 Å². The fourth-order valence-corrected chi connectivity index (χ4v) is 8.04. The highest BCUT2D eigenvalue weighted by Crippen LogP contribution is 2.39. The maximum atomic E-state index is 15.4. The summed E-state index contributed by atoms with van der Waals surface area (Å²) in [6.45, 7) is 9.99. The molecule has 3 unspecified atom stereocenters. The van der Waals surface area contributed by atoms with Crippen LogP contribution in [-0.2, 0) is 39.4 Å². The Bertz CT molecular complexity index is 2100. The van der Waals surface area contributed by atoms with Gasteiger partial charge in [-0.25, -0.2) is 18.8 Å². The Morgan fingerprint density at radius 3 is 2.07 bits per heavy atom. The van der Waals surface area contributed by atoms with Crippen molar-refractivity contribution in [1.29, 1.82) is 0 Å². The van der Waals surface area contributed by atoms with Gasteiger partial charge in [0.15, 0.2) is 11.9 Å². The number of nitrogens with zero attached hydrogens (tertiary/aromatic N) is 2. The van der Waals surface area contributed by atoms with E-state index in [0.29, 0.717) is 11.1 Å². The molecule has 0 aromatic heterocycles. The largest absolute Gasteiger partial charge is 0.514 e. The lowest BCUT2D eigenvalue weighted by Crippen LogP contribution is -2.73. The molecular weight excluding hydrogens is 746 g/mol. The number of nitrogens with one attached hydrogen (secondary N) is 1. The van der Waals surface area contributed by atoms with Gasteiger partial charge in [-0.1, -0.05) is 60.7 Å². The third-order valence-corrected chi connectivity index (χ3v) is 10.3. The number of allylic oxidation sites excluding steroid dienone is 1. The molecule has 3 aromatic carbocycles. The predicted molar refractivity (Wildman–Crippen MR) is 203 cm³/mol. The summed E-state index contributed by atoms with van der Waals surface area (Å²) in [4.78, 5) is 69.0. The topological polar surface area (TPSA) is 158 Å². The molecule has 0 saturated carbocycles. The van der Waals surface area contributed by atoms with E-state index in [-0.39, 0.29) is 47.0 Å². The summed E-state index contributed by atoms with van der Waals surface area (Å²) in [5.41, 5.74) is -0.464. The summed E-state index contributed by atoms with van der Waals surface area (Å²) in [7, 11) is -1.86. The smallest absolute Gasteiger partial charge is 0.448 e. The number of hydrogen-bond acceptors (Lipinski definition) is 10. The Labute approximate surface area is 325 Å². The van der Waals surface area contributed by atoms with Crippen LogP contribution in [-0.4, -0.2) is 74.1 Å². The lowest BCUT2D eigenvalue weighted by Gasteiger charge is -2.49. The van der Waals surface area contributed by atoms with Crippen molar-refractivity contribution in [2.75, 3.05) is 17.2 Å². The standard InChI is InChI=1S/C41H42FN3O10S/c1-40(2,3)54-38(49)43-31-35(47)45-32(37(48)53-33(24-13-9-7-10-14-24)25-15-11-8-12-16-25)27(23-56(51)36(31)45)21-26-19-20-44(34(26)46)30-18-17-28(22-29(30)42)52-39(50)55-41(4,5)6/h7-18,21-22,31,33,36H,19-20,23H2,1-6H3,(H,43,49)/b26-21+. The van der Waals surface area contributed by atoms with Gasteiger partial charge in [0.25, 0.3) is 11.8 Å². The third-order valence-electron chi connectivity index (χ3n) is 8.72. The number of carbonyl (C=O) groups is 5. The molecular formula is C41H42FN3O10S. The fourth-order valence-electron chi connectivity index (χ4n) is 6.41. The van der Waals surface area contributed by atoms with Crippen LogP contribution in [0, 0.1) is 5.82 Å². The van der Waals surface area contributed by atoms with Crippen molar-refractivity contribution in [3.63, 3.8) is 0 Å². The zero-order chi connectivity index (χ0) is 40.5. The average Bonchev–Trinajstić information content (AvgIpc) is 3.47. The molecule has 2 fully saturated rings. The van der Waals surface area contributed by atoms with Crippen LogP contribution in [0.25, 0.3) is 0 Å². The van der Waals surface area contributed by atoms with E-state index in [1.807, 2.05) is 12.1 Å². The maximum absolute atomic E-state index is 15.4. The summed E-state index contributed by atoms with van der Waals surface area (Å²) in [5.74, 6) is -3.47. The SMILES string of the molecule is CC(C)(C)OC(=O)NC1C(=O)N2C(C(=O)OC(c3ccccc3)c3ccccc3)=C(/C=C3\CCN(c4ccc(OC(=O)OC(C)(C)C)cc4F)C3=O)CS(=O)C12. The zero-order valence-electron chi connectivity index (χ0n) is 31.7. The summed E-state index contributed by atoms with van der Waals surface area (Å²) in [6.07, 6.45) is -1.31. The number of β-lactam (4-membered cyclic amide) rings is 1. The van der Waals surface area contributed by atoms with Gasteiger partial charge in [0.05, 0.1) is 22.2 Å². The van der Waals surface area contributed by atoms with E-state index in [2.05, 4.69) is 5.32 Å². The molecule has 0 radical (unpaired) electrons. The summed E-state index contributed by atoms with van der Waals surface area (Å²) >= 11 is 0. The summed E-state index contributed by atoms with van der Waals surface area (Å²) in [6, 6.07) is 20.3. The second kappa shape index (κ2) is 15.7. The van der Waals surface area contributed by atoms with Crippen LogP contribution < -0.4 is 15.0 Å². The van der Waals surface area contributed by atoms with E-state index in [4.69, 9.17) is 18.9 Å². The van der Waals surface area contributed by atoms with Crippen LogP contribution in [0.15, 0.2) is 102 Å². The number of ether oxygens (including phenoxy) is 4. The molecule has 15 heteroatoms. The second-order valence-electron chi connectivity index (χ2n) is 15.3. The molecule has 3 atom stereocenters. The summed E-state index contributed by atoms with van der Waals surface area (Å²) in [5, 5.41) is 1.36. The number of rotatable bonds is 8. The van der Waals surface area contributed by atoms with E-state index < -0.39 is 75.4 Å². The lowest BCUT2D eigenvalue weighted by atomic mass is 10.00. The Morgan fingerprint density at radius 1 is 0.893 bits per heavy atom. The minimum Gasteiger partial charge on any atom is -0.448 e. The molecule has 294 valence electrons. The van der Waals surface area contributed by atoms with E-state index in [9.17, 15) is 28.2 Å². The van der Waals surface area contributed by atoms with Gasteiger partial charge < -0.3 is 29.2 Å². The highest BCUT2D eigenvalue weighted by molar-refractivity contribution is 7.86. The van der Waals surface area contributed by atoms with Crippen molar-refractivity contribution in [3.8, 4) is 5.75 Å². The van der Waals surface area contributed by atoms with E-state index in [1.165, 1.54) is 23.1 Å². The fraction of sp³-hybridized carbons (Fsp3) is 0.341. The Hall–Kier alpha value is -5.83. The molecule has 1 N–H and O–H groups in total. The number of carbonyl (C=O) groups excluding carboxylic acids is 5. The number of halogens is 1. The number of alkyl carbamates (subject to hydrolysis) is 1. The van der Waals surface area contributed by atoms with Gasteiger partial charge in [0, 0.05) is 18.2 Å². The first kappa shape index (κ1) is 39.9. The number of fused-ring (bicyclic) bond motifs is 1. The molecule has 2 saturated heterocycles. The van der Waals surface area contributed by atoms with Gasteiger partial charge in [0.2, 0.25) is 0 Å². The predicted octanol–water partition coefficient (Wildman–Crippen LogP) is 6.21. The Morgan fingerprint density at radius 2 is 1.50 bits per heavy atom. The minimum atomic E-state index is -1.86. The van der Waals surface area contributed by atoms with Crippen LogP contribution in [0.4, 0.5) is 19.7 Å². The monoisotopic (exact) mass is 787 g/mol. The minimum absolute atomic E-state index is 0.0568. The maximum Gasteiger partial charge on any atom is 0.514 e. The number of amides is 3. The normalized spacial score (nSPS) is 20.4. The van der Waals surface area contributed by atoms with Crippen molar-refractivity contribution in [2.24, 2.45) is 0 Å². The molecule has 0 aliphatic carbocycles. The van der Waals surface area contributed by atoms with Crippen LogP contribution in [0.2, 0.25) is 0 Å². The first-order valence-corrected chi connectivity index (χ1v) is 19.2. The third kappa shape index (κ3) is 8.83. The van der Waals surface area contributed by atoms with Gasteiger partial charge in [0.1, 0.15) is 34.1 Å². The number of anilines is 1. The number of esters is 1. The molecule has 13 nitrogen and oxygen atoms in total. The van der Waals surface area contributed by atoms with Crippen LogP contribution in [0.3, 0.4) is 0 Å². The van der Waals surface area contributed by atoms with Crippen molar-refractivity contribution < 1.29 is 51.5 Å². The number of hydrogen-bond donors (Lipinski definition) is 1. The highest BCUT2D eigenvalue weighted by Gasteiger charge is 2.58. The highest BCUT2D eigenvalue weighted by atomic mass is 32.2. The van der Waals surface area contributed by atoms with Crippen molar-refractivity contribution in [2.45, 2.75) is 76.7 Å². The molecule has 56 heavy (non-hydrogen) atoms. The molecule has 6 rings (SSSR count). The van der Waals surface area contributed by atoms with Crippen molar-refractivity contribution in [3.05, 3.63) is 119 Å². The number of benzene rings is 3. The molecule has 0 spiro atoms. The Balaban J connectivity index is 1.33. The van der Waals surface area contributed by atoms with Crippen molar-refractivity contribution >= 4 is 46.5 Å². The molecule has 3 heterocycles. The van der Waals surface area contributed by atoms with Crippen molar-refractivity contribution in [1.82, 2.24) is 10.2 Å². The van der Waals surface area contributed by atoms with Gasteiger partial charge in [-0.2, -0.15) is 0 Å². The molecule has 3 amide bonds. The van der Waals surface area contributed by atoms with E-state index in [1.54, 1.807) is 90.1 Å². The van der Waals surface area contributed by atoms with Gasteiger partial charge in [-0.3, -0.25) is 18.7 Å². The van der Waals surface area contributed by atoms with Gasteiger partial charge in [-0.15, -0.1) is 0 Å². The zero-order valence-corrected chi connectivity index (χ0v) is 32.5. The Kier molecular flexibility index (Phi) is 11.2. The lowest BCUT2D eigenvalue weighted by molar-refractivity contribution is -0.153. The second-order valence-corrected chi connectivity index (χ2v) is 16.8. The summed E-state index contributed by atoms with van der Waals surface area (Å²) < 4.78 is 50.9. The van der Waals surface area contributed by atoms with Gasteiger partial charge in [-0.05, 0) is 82.9 Å². The first-order chi connectivity index (χ1) is 26.4. The van der Waals surface area contributed by atoms with Crippen LogP contribution >= 0.6 is 0 Å². The van der Waals surface area contributed by atoms with E-state index in [0.717, 1.165) is 11.0 Å². The average molecular weight is 788 g/mol. The first-order valence-electron chi connectivity index (χ1n) is 17.9. The molecule has 3 aromatic rings. The quantitative estimate of drug-likeness (QED) is 0.0915. The molecule has 0 bridgehead atoms. The van der Waals surface area contributed by atoms with Gasteiger partial charge >= 0.3 is 18.2 Å². The van der Waals surface area contributed by atoms with Crippen LogP contribution in [0.5, 0.6) is 5.75 Å². The molecule has 3 aliphatic heterocycles. The van der Waals surface area contributed by atoms with Crippen LogP contribution in [0.1, 0.15) is 65.2 Å².